The lowest BCUT2D eigenvalue weighted by Gasteiger charge is -2.12. The molecule has 11 nitrogen and oxygen atoms in total. The number of rotatable bonds is 5. The monoisotopic (exact) mass is 408 g/mol. The van der Waals surface area contributed by atoms with Crippen molar-refractivity contribution in [2.75, 3.05) is 30.0 Å². The summed E-state index contributed by atoms with van der Waals surface area (Å²) in [7, 11) is 4.20. The average Bonchev–Trinajstić information content (AvgIpc) is 3.04. The number of nitrogens with two attached hydrogens (primary N) is 1. The van der Waals surface area contributed by atoms with Gasteiger partial charge < -0.3 is 20.2 Å². The second-order valence-electron chi connectivity index (χ2n) is 5.84. The van der Waals surface area contributed by atoms with Gasteiger partial charge in [-0.15, -0.1) is 0 Å². The number of ether oxygens (including phenoxy) is 1. The Morgan fingerprint density at radius 1 is 1.32 bits per heavy atom. The summed E-state index contributed by atoms with van der Waals surface area (Å²) in [6, 6.07) is 3.04. The Hall–Kier alpha value is -3.47. The Bertz CT molecular complexity index is 1190. The summed E-state index contributed by atoms with van der Waals surface area (Å²) >= 11 is 6.02. The maximum absolute atomic E-state index is 12.2. The first-order valence-corrected chi connectivity index (χ1v) is 8.34. The van der Waals surface area contributed by atoms with Crippen molar-refractivity contribution in [2.24, 2.45) is 14.1 Å². The van der Waals surface area contributed by atoms with Crippen molar-refractivity contribution >= 4 is 46.1 Å². The normalized spacial score (nSPS) is 10.9. The molecule has 0 spiro atoms. The minimum atomic E-state index is -0.642. The van der Waals surface area contributed by atoms with Crippen LogP contribution >= 0.6 is 11.6 Å². The fraction of sp³-hybridized carbons (Fsp3) is 0.250. The molecular formula is C16H17ClN6O5. The van der Waals surface area contributed by atoms with E-state index in [9.17, 15) is 14.4 Å². The van der Waals surface area contributed by atoms with Crippen LogP contribution in [0.15, 0.2) is 26.1 Å². The van der Waals surface area contributed by atoms with E-state index < -0.39 is 17.2 Å². The number of amides is 1. The number of hydrogen-bond donors (Lipinski definition) is 3. The zero-order chi connectivity index (χ0) is 20.6. The number of oxazole rings is 1. The van der Waals surface area contributed by atoms with Gasteiger partial charge in [-0.05, 0) is 0 Å². The van der Waals surface area contributed by atoms with E-state index in [1.807, 2.05) is 0 Å². The number of nitrogens with one attached hydrogen (secondary N) is 2. The van der Waals surface area contributed by atoms with Crippen LogP contribution in [0.25, 0.3) is 11.1 Å². The second kappa shape index (κ2) is 7.27. The number of aromatic nitrogens is 3. The van der Waals surface area contributed by atoms with Crippen molar-refractivity contribution in [1.82, 2.24) is 14.1 Å². The third kappa shape index (κ3) is 3.39. The van der Waals surface area contributed by atoms with E-state index in [1.54, 1.807) is 6.07 Å². The minimum Gasteiger partial charge on any atom is -0.495 e. The van der Waals surface area contributed by atoms with E-state index >= 15 is 0 Å². The van der Waals surface area contributed by atoms with E-state index in [4.69, 9.17) is 26.5 Å². The molecule has 12 heteroatoms. The van der Waals surface area contributed by atoms with Gasteiger partial charge in [-0.3, -0.25) is 24.0 Å². The van der Waals surface area contributed by atoms with Crippen LogP contribution in [0.2, 0.25) is 5.02 Å². The third-order valence-electron chi connectivity index (χ3n) is 4.04. The minimum absolute atomic E-state index is 0.0487. The molecule has 2 aromatic heterocycles. The Morgan fingerprint density at radius 3 is 2.71 bits per heavy atom. The Morgan fingerprint density at radius 2 is 2.04 bits per heavy atom. The first-order valence-electron chi connectivity index (χ1n) is 7.96. The van der Waals surface area contributed by atoms with Crippen molar-refractivity contribution in [2.45, 2.75) is 0 Å². The van der Waals surface area contributed by atoms with Crippen LogP contribution in [-0.4, -0.2) is 33.7 Å². The first kappa shape index (κ1) is 19.3. The molecule has 0 aliphatic heterocycles. The summed E-state index contributed by atoms with van der Waals surface area (Å²) in [6.45, 7) is -0.305. The number of benzene rings is 1. The molecule has 3 rings (SSSR count). The van der Waals surface area contributed by atoms with Gasteiger partial charge >= 0.3 is 11.7 Å². The van der Waals surface area contributed by atoms with Crippen molar-refractivity contribution in [3.05, 3.63) is 38.0 Å². The molecule has 4 N–H and O–H groups in total. The number of nitrogens with zero attached hydrogens (tertiary/aromatic N) is 3. The highest BCUT2D eigenvalue weighted by Gasteiger charge is 2.16. The zero-order valence-electron chi connectivity index (χ0n) is 15.2. The number of fused-ring (bicyclic) bond motifs is 1. The number of hydrogen-bond acceptors (Lipinski definition) is 8. The molecule has 0 saturated heterocycles. The molecule has 0 saturated carbocycles. The van der Waals surface area contributed by atoms with Gasteiger partial charge in [0.05, 0.1) is 18.7 Å². The van der Waals surface area contributed by atoms with Gasteiger partial charge in [-0.25, -0.2) is 4.79 Å². The summed E-state index contributed by atoms with van der Waals surface area (Å²) < 4.78 is 12.5. The predicted molar refractivity (Wildman–Crippen MR) is 104 cm³/mol. The summed E-state index contributed by atoms with van der Waals surface area (Å²) in [5.74, 6) is -0.201. The quantitative estimate of drug-likeness (QED) is 0.553. The van der Waals surface area contributed by atoms with Crippen LogP contribution in [0, 0.1) is 0 Å². The molecular weight excluding hydrogens is 392 g/mol. The zero-order valence-corrected chi connectivity index (χ0v) is 16.0. The van der Waals surface area contributed by atoms with E-state index in [-0.39, 0.29) is 24.1 Å². The van der Waals surface area contributed by atoms with Crippen LogP contribution in [0.1, 0.15) is 0 Å². The molecule has 28 heavy (non-hydrogen) atoms. The summed E-state index contributed by atoms with van der Waals surface area (Å²) in [5.41, 5.74) is 5.32. The third-order valence-corrected chi connectivity index (χ3v) is 4.34. The van der Waals surface area contributed by atoms with Gasteiger partial charge in [0.1, 0.15) is 22.8 Å². The molecule has 1 amide bonds. The molecule has 0 bridgehead atoms. The molecule has 2 heterocycles. The molecule has 0 unspecified atom stereocenters. The second-order valence-corrected chi connectivity index (χ2v) is 6.25. The highest BCUT2D eigenvalue weighted by atomic mass is 35.5. The SMILES string of the molecule is COc1cc2nc(NC(=O)CNc3c(N)n(C)c(=O)n(C)c3=O)oc2cc1Cl. The Kier molecular flexibility index (Phi) is 5.01. The molecule has 3 aromatic rings. The number of anilines is 3. The Balaban J connectivity index is 1.76. The van der Waals surface area contributed by atoms with Crippen LogP contribution in [0.3, 0.4) is 0 Å². The first-order chi connectivity index (χ1) is 13.2. The maximum atomic E-state index is 12.2. The predicted octanol–water partition coefficient (Wildman–Crippen LogP) is 0.520. The fourth-order valence-corrected chi connectivity index (χ4v) is 2.73. The van der Waals surface area contributed by atoms with Gasteiger partial charge in [0.15, 0.2) is 5.58 Å². The lowest BCUT2D eigenvalue weighted by molar-refractivity contribution is -0.114. The van der Waals surface area contributed by atoms with Crippen molar-refractivity contribution in [3.63, 3.8) is 0 Å². The van der Waals surface area contributed by atoms with Gasteiger partial charge in [-0.1, -0.05) is 11.6 Å². The fourth-order valence-electron chi connectivity index (χ4n) is 2.50. The van der Waals surface area contributed by atoms with Crippen LogP contribution in [-0.2, 0) is 18.9 Å². The molecule has 0 fully saturated rings. The van der Waals surface area contributed by atoms with Gasteiger partial charge in [-0.2, -0.15) is 4.98 Å². The standard InChI is InChI=1S/C16H17ClN6O5/c1-22-13(18)12(14(25)23(2)16(22)26)19-6-11(24)21-15-20-8-5-9(27-3)7(17)4-10(8)28-15/h4-5,19H,6,18H2,1-3H3,(H,20,21,24). The van der Waals surface area contributed by atoms with Gasteiger partial charge in [0.2, 0.25) is 5.91 Å². The molecule has 0 atom stereocenters. The highest BCUT2D eigenvalue weighted by molar-refractivity contribution is 6.32. The van der Waals surface area contributed by atoms with E-state index in [1.165, 1.54) is 27.3 Å². The molecule has 0 aliphatic rings. The summed E-state index contributed by atoms with van der Waals surface area (Å²) in [6.07, 6.45) is 0. The van der Waals surface area contributed by atoms with Gasteiger partial charge in [0.25, 0.3) is 5.56 Å². The highest BCUT2D eigenvalue weighted by Crippen LogP contribution is 2.31. The van der Waals surface area contributed by atoms with Crippen molar-refractivity contribution < 1.29 is 13.9 Å². The number of carbonyl (C=O) groups is 1. The molecule has 1 aromatic carbocycles. The van der Waals surface area contributed by atoms with Crippen LogP contribution in [0.4, 0.5) is 17.5 Å². The van der Waals surface area contributed by atoms with E-state index in [0.29, 0.717) is 21.9 Å². The largest absolute Gasteiger partial charge is 0.495 e. The van der Waals surface area contributed by atoms with Crippen LogP contribution in [0.5, 0.6) is 5.75 Å². The molecule has 148 valence electrons. The number of methoxy groups -OCH3 is 1. The smallest absolute Gasteiger partial charge is 0.332 e. The average molecular weight is 409 g/mol. The lowest BCUT2D eigenvalue weighted by atomic mass is 10.3. The number of halogens is 1. The van der Waals surface area contributed by atoms with Crippen LogP contribution < -0.4 is 32.4 Å². The molecule has 0 radical (unpaired) electrons. The van der Waals surface area contributed by atoms with Gasteiger partial charge in [0, 0.05) is 26.2 Å². The number of nitrogen functional groups attached to an aromatic ring is 1. The molecule has 0 aliphatic carbocycles. The van der Waals surface area contributed by atoms with E-state index in [2.05, 4.69) is 15.6 Å². The van der Waals surface area contributed by atoms with Crippen molar-refractivity contribution in [1.29, 1.82) is 0 Å². The topological polar surface area (TPSA) is 146 Å². The van der Waals surface area contributed by atoms with E-state index in [0.717, 1.165) is 9.13 Å². The number of carbonyl (C=O) groups excluding carboxylic acids is 1. The summed E-state index contributed by atoms with van der Waals surface area (Å²) in [4.78, 5) is 40.3. The van der Waals surface area contributed by atoms with Crippen molar-refractivity contribution in [3.8, 4) is 5.75 Å². The Labute approximate surface area is 162 Å². The lowest BCUT2D eigenvalue weighted by Crippen LogP contribution is -2.40. The summed E-state index contributed by atoms with van der Waals surface area (Å²) in [5, 5.41) is 5.43. The maximum Gasteiger partial charge on any atom is 0.332 e.